The number of amidine groups is 1. The van der Waals surface area contributed by atoms with Crippen LogP contribution in [0.5, 0.6) is 0 Å². The molecule has 178 valence electrons. The van der Waals surface area contributed by atoms with Crippen LogP contribution in [0.1, 0.15) is 27.9 Å². The molecule has 0 fully saturated rings. The third kappa shape index (κ3) is 6.60. The molecule has 1 amide bonds. The normalized spacial score (nSPS) is 13.7. The monoisotopic (exact) mass is 485 g/mol. The lowest BCUT2D eigenvalue weighted by Crippen LogP contribution is -2.21. The third-order valence-corrected chi connectivity index (χ3v) is 3.90. The summed E-state index contributed by atoms with van der Waals surface area (Å²) in [6.07, 6.45) is -13.7. The first-order valence-corrected chi connectivity index (χ1v) is 8.42. The molecule has 0 aliphatic rings. The highest BCUT2D eigenvalue weighted by molar-refractivity contribution is 6.18. The van der Waals surface area contributed by atoms with Gasteiger partial charge in [0.25, 0.3) is 5.91 Å². The van der Waals surface area contributed by atoms with Gasteiger partial charge in [0, 0.05) is 18.0 Å². The first-order chi connectivity index (χ1) is 15.0. The minimum absolute atomic E-state index is 0.114. The molecule has 0 aliphatic carbocycles. The van der Waals surface area contributed by atoms with Crippen molar-refractivity contribution in [3.8, 4) is 0 Å². The summed E-state index contributed by atoms with van der Waals surface area (Å²) < 4.78 is 116. The van der Waals surface area contributed by atoms with E-state index in [2.05, 4.69) is 10.1 Å². The van der Waals surface area contributed by atoms with Crippen molar-refractivity contribution in [2.45, 2.75) is 18.5 Å². The molecule has 5 N–H and O–H groups in total. The zero-order valence-electron chi connectivity index (χ0n) is 15.9. The van der Waals surface area contributed by atoms with Crippen LogP contribution in [0.3, 0.4) is 0 Å². The largest absolute Gasteiger partial charge is 0.433 e. The van der Waals surface area contributed by atoms with E-state index in [1.165, 1.54) is 0 Å². The summed E-state index contributed by atoms with van der Waals surface area (Å²) >= 11 is 0. The van der Waals surface area contributed by atoms with E-state index in [0.717, 1.165) is 12.3 Å². The van der Waals surface area contributed by atoms with E-state index in [1.54, 1.807) is 0 Å². The van der Waals surface area contributed by atoms with E-state index >= 15 is 0 Å². The Labute approximate surface area is 178 Å². The van der Waals surface area contributed by atoms with Crippen LogP contribution in [0.2, 0.25) is 0 Å². The number of aromatic nitrogens is 1. The fourth-order valence-corrected chi connectivity index (χ4v) is 2.38. The molecule has 2 rings (SSSR count). The Bertz CT molecular complexity index is 1070. The van der Waals surface area contributed by atoms with Gasteiger partial charge in [-0.2, -0.15) is 44.6 Å². The number of carbonyl (C=O) groups is 1. The molecule has 1 heterocycles. The molecule has 0 radical (unpaired) electrons. The lowest BCUT2D eigenvalue weighted by molar-refractivity contribution is -0.143. The summed E-state index contributed by atoms with van der Waals surface area (Å²) in [6.45, 7) is 0. The molecule has 0 aliphatic heterocycles. The number of primary amides is 1. The number of hydrazone groups is 1. The SMILES string of the molecule is NC(=O)/C(=C/N/N=C(\N)c1cc(C(F)(F)F)cc(C(F)(F)F)c1)c1ccnc(C(F)(F)F)c1. The number of amides is 1. The molecule has 0 saturated heterocycles. The number of hydrogen-bond donors (Lipinski definition) is 3. The molecule has 0 saturated carbocycles. The van der Waals surface area contributed by atoms with Crippen molar-refractivity contribution in [3.05, 3.63) is 70.7 Å². The highest BCUT2D eigenvalue weighted by Gasteiger charge is 2.37. The molecular weight excluding hydrogens is 473 g/mol. The summed E-state index contributed by atoms with van der Waals surface area (Å²) in [6, 6.07) is 2.01. The number of halogens is 9. The topological polar surface area (TPSA) is 106 Å². The zero-order chi connectivity index (χ0) is 25.2. The Hall–Kier alpha value is -3.78. The van der Waals surface area contributed by atoms with Gasteiger partial charge in [-0.15, -0.1) is 0 Å². The summed E-state index contributed by atoms with van der Waals surface area (Å²) in [7, 11) is 0. The quantitative estimate of drug-likeness (QED) is 0.197. The van der Waals surface area contributed by atoms with E-state index in [0.29, 0.717) is 24.4 Å². The van der Waals surface area contributed by atoms with Crippen molar-refractivity contribution in [3.63, 3.8) is 0 Å². The van der Waals surface area contributed by atoms with Gasteiger partial charge in [-0.05, 0) is 35.9 Å². The minimum Gasteiger partial charge on any atom is -0.382 e. The molecule has 2 aromatic rings. The number of rotatable bonds is 5. The maximum atomic E-state index is 12.9. The van der Waals surface area contributed by atoms with Crippen LogP contribution in [0, 0.1) is 0 Å². The first-order valence-electron chi connectivity index (χ1n) is 8.42. The maximum absolute atomic E-state index is 12.9. The number of pyridine rings is 1. The first kappa shape index (κ1) is 25.5. The van der Waals surface area contributed by atoms with Crippen molar-refractivity contribution >= 4 is 17.3 Å². The molecule has 0 atom stereocenters. The molecule has 15 heteroatoms. The molecule has 33 heavy (non-hydrogen) atoms. The van der Waals surface area contributed by atoms with Gasteiger partial charge in [0.1, 0.15) is 5.69 Å². The number of alkyl halides is 9. The molecule has 0 bridgehead atoms. The second-order valence-corrected chi connectivity index (χ2v) is 6.27. The summed E-state index contributed by atoms with van der Waals surface area (Å²) in [5, 5.41) is 3.35. The molecule has 6 nitrogen and oxygen atoms in total. The van der Waals surface area contributed by atoms with Crippen molar-refractivity contribution in [2.24, 2.45) is 16.6 Å². The Kier molecular flexibility index (Phi) is 6.94. The van der Waals surface area contributed by atoms with Gasteiger partial charge < -0.3 is 11.5 Å². The second kappa shape index (κ2) is 8.99. The fourth-order valence-electron chi connectivity index (χ4n) is 2.38. The summed E-state index contributed by atoms with van der Waals surface area (Å²) in [4.78, 5) is 14.7. The number of nitrogens with one attached hydrogen (secondary N) is 1. The number of benzene rings is 1. The van der Waals surface area contributed by atoms with E-state index in [1.807, 2.05) is 5.43 Å². The van der Waals surface area contributed by atoms with Crippen LogP contribution in [-0.2, 0) is 23.3 Å². The maximum Gasteiger partial charge on any atom is 0.433 e. The third-order valence-electron chi connectivity index (χ3n) is 3.90. The Balaban J connectivity index is 2.43. The molecule has 0 spiro atoms. The molecule has 0 unspecified atom stereocenters. The van der Waals surface area contributed by atoms with Crippen LogP contribution in [0.4, 0.5) is 39.5 Å². The van der Waals surface area contributed by atoms with E-state index in [-0.39, 0.29) is 11.6 Å². The lowest BCUT2D eigenvalue weighted by atomic mass is 10.0. The van der Waals surface area contributed by atoms with E-state index in [9.17, 15) is 44.3 Å². The number of nitrogens with zero attached hydrogens (tertiary/aromatic N) is 2. The van der Waals surface area contributed by atoms with E-state index in [4.69, 9.17) is 11.5 Å². The van der Waals surface area contributed by atoms with Crippen molar-refractivity contribution in [1.29, 1.82) is 0 Å². The standard InChI is InChI=1S/C18H12F9N5O/c19-16(20,21)10-3-9(4-11(6-10)17(22,23)24)14(28)32-31-7-12(15(29)33)8-1-2-30-13(5-8)18(25,26)27/h1-7,31H,(H2,28,32)(H2,29,33)/b12-7+. The Morgan fingerprint density at radius 1 is 0.848 bits per heavy atom. The van der Waals surface area contributed by atoms with Crippen molar-refractivity contribution in [1.82, 2.24) is 10.4 Å². The second-order valence-electron chi connectivity index (χ2n) is 6.27. The van der Waals surface area contributed by atoms with Gasteiger partial charge in [0.2, 0.25) is 0 Å². The average molecular weight is 485 g/mol. The zero-order valence-corrected chi connectivity index (χ0v) is 15.9. The van der Waals surface area contributed by atoms with Gasteiger partial charge in [0.15, 0.2) is 5.84 Å². The van der Waals surface area contributed by atoms with E-state index < -0.39 is 58.2 Å². The highest BCUT2D eigenvalue weighted by atomic mass is 19.4. The van der Waals surface area contributed by atoms with Gasteiger partial charge in [-0.25, -0.2) is 0 Å². The van der Waals surface area contributed by atoms with Crippen molar-refractivity contribution in [2.75, 3.05) is 0 Å². The molecule has 1 aromatic heterocycles. The predicted molar refractivity (Wildman–Crippen MR) is 96.7 cm³/mol. The molecular formula is C18H12F9N5O. The van der Waals surface area contributed by atoms with Gasteiger partial charge in [-0.3, -0.25) is 15.2 Å². The summed E-state index contributed by atoms with van der Waals surface area (Å²) in [5.74, 6) is -2.08. The van der Waals surface area contributed by atoms with Crippen LogP contribution in [-0.4, -0.2) is 16.7 Å². The minimum atomic E-state index is -5.12. The van der Waals surface area contributed by atoms with Crippen LogP contribution < -0.4 is 16.9 Å². The predicted octanol–water partition coefficient (Wildman–Crippen LogP) is 3.87. The van der Waals surface area contributed by atoms with Gasteiger partial charge in [0.05, 0.1) is 16.7 Å². The summed E-state index contributed by atoms with van der Waals surface area (Å²) in [5.41, 5.74) is 6.24. The van der Waals surface area contributed by atoms with Crippen LogP contribution >= 0.6 is 0 Å². The Morgan fingerprint density at radius 3 is 1.85 bits per heavy atom. The fraction of sp³-hybridized carbons (Fsp3) is 0.167. The van der Waals surface area contributed by atoms with Crippen LogP contribution in [0.15, 0.2) is 47.8 Å². The number of nitrogens with two attached hydrogens (primary N) is 2. The van der Waals surface area contributed by atoms with Crippen molar-refractivity contribution < 1.29 is 44.3 Å². The van der Waals surface area contributed by atoms with Gasteiger partial charge >= 0.3 is 18.5 Å². The number of hydrogen-bond acceptors (Lipinski definition) is 4. The average Bonchev–Trinajstić information content (AvgIpc) is 2.68. The Morgan fingerprint density at radius 2 is 1.39 bits per heavy atom. The van der Waals surface area contributed by atoms with Crippen LogP contribution in [0.25, 0.3) is 5.57 Å². The lowest BCUT2D eigenvalue weighted by Gasteiger charge is -2.14. The smallest absolute Gasteiger partial charge is 0.382 e. The number of carbonyl (C=O) groups excluding carboxylic acids is 1. The molecule has 1 aromatic carbocycles. The van der Waals surface area contributed by atoms with Gasteiger partial charge in [-0.1, -0.05) is 0 Å². The highest BCUT2D eigenvalue weighted by Crippen LogP contribution is 2.36.